The van der Waals surface area contributed by atoms with Crippen molar-refractivity contribution < 1.29 is 4.74 Å². The molecular weight excluding hydrogens is 202 g/mol. The second-order valence-corrected chi connectivity index (χ2v) is 4.23. The van der Waals surface area contributed by atoms with E-state index in [0.29, 0.717) is 6.04 Å². The fraction of sp³-hybridized carbons (Fsp3) is 0.750. The van der Waals surface area contributed by atoms with Crippen LogP contribution in [0.1, 0.15) is 24.2 Å². The predicted molar refractivity (Wildman–Crippen MR) is 65.6 cm³/mol. The van der Waals surface area contributed by atoms with Crippen molar-refractivity contribution >= 4 is 0 Å². The highest BCUT2D eigenvalue weighted by Gasteiger charge is 2.10. The Bertz CT molecular complexity index is 309. The third kappa shape index (κ3) is 3.94. The third-order valence-corrected chi connectivity index (χ3v) is 2.86. The van der Waals surface area contributed by atoms with E-state index < -0.39 is 0 Å². The summed E-state index contributed by atoms with van der Waals surface area (Å²) in [5, 5.41) is 7.71. The molecule has 0 saturated carbocycles. The van der Waals surface area contributed by atoms with Crippen LogP contribution < -0.4 is 5.32 Å². The minimum absolute atomic E-state index is 0.505. The maximum absolute atomic E-state index is 5.07. The molecule has 92 valence electrons. The highest BCUT2D eigenvalue weighted by Crippen LogP contribution is 2.08. The fourth-order valence-corrected chi connectivity index (χ4v) is 1.93. The first-order valence-corrected chi connectivity index (χ1v) is 5.83. The summed E-state index contributed by atoms with van der Waals surface area (Å²) in [5.74, 6) is 0. The van der Waals surface area contributed by atoms with E-state index in [4.69, 9.17) is 4.74 Å². The Morgan fingerprint density at radius 1 is 1.56 bits per heavy atom. The van der Waals surface area contributed by atoms with Crippen molar-refractivity contribution in [3.8, 4) is 0 Å². The van der Waals surface area contributed by atoms with Crippen LogP contribution in [0.15, 0.2) is 6.07 Å². The van der Waals surface area contributed by atoms with E-state index in [1.165, 1.54) is 5.69 Å². The van der Waals surface area contributed by atoms with E-state index in [1.54, 1.807) is 7.11 Å². The van der Waals surface area contributed by atoms with E-state index in [9.17, 15) is 0 Å². The summed E-state index contributed by atoms with van der Waals surface area (Å²) in [4.78, 5) is 0. The van der Waals surface area contributed by atoms with Crippen molar-refractivity contribution in [3.05, 3.63) is 17.5 Å². The molecule has 1 atom stereocenters. The van der Waals surface area contributed by atoms with Crippen molar-refractivity contribution in [1.82, 2.24) is 15.1 Å². The molecule has 0 aliphatic heterocycles. The van der Waals surface area contributed by atoms with Crippen LogP contribution in [0.5, 0.6) is 0 Å². The molecule has 0 bridgehead atoms. The number of ether oxygens (including phenoxy) is 1. The summed E-state index contributed by atoms with van der Waals surface area (Å²) in [6.45, 7) is 2.87. The highest BCUT2D eigenvalue weighted by molar-refractivity contribution is 5.09. The molecule has 1 aromatic rings. The molecule has 4 heteroatoms. The number of hydrogen-bond acceptors (Lipinski definition) is 3. The Morgan fingerprint density at radius 3 is 2.81 bits per heavy atom. The van der Waals surface area contributed by atoms with Gasteiger partial charge in [-0.1, -0.05) is 0 Å². The molecule has 0 saturated heterocycles. The molecule has 0 radical (unpaired) electrons. The first-order chi connectivity index (χ1) is 7.67. The van der Waals surface area contributed by atoms with Crippen LogP contribution in [0.25, 0.3) is 0 Å². The van der Waals surface area contributed by atoms with Gasteiger partial charge in [-0.15, -0.1) is 0 Å². The lowest BCUT2D eigenvalue weighted by molar-refractivity contribution is 0.189. The minimum atomic E-state index is 0.505. The van der Waals surface area contributed by atoms with E-state index >= 15 is 0 Å². The Labute approximate surface area is 98.0 Å². The van der Waals surface area contributed by atoms with Gasteiger partial charge < -0.3 is 10.1 Å². The molecule has 0 amide bonds. The number of aryl methyl sites for hydroxylation is 2. The molecule has 0 aliphatic rings. The van der Waals surface area contributed by atoms with Crippen molar-refractivity contribution in [2.75, 3.05) is 20.8 Å². The number of likely N-dealkylation sites (N-methyl/N-ethyl adjacent to an activating group) is 1. The van der Waals surface area contributed by atoms with Gasteiger partial charge in [0.2, 0.25) is 0 Å². The number of aromatic nitrogens is 2. The molecule has 4 nitrogen and oxygen atoms in total. The number of rotatable bonds is 7. The van der Waals surface area contributed by atoms with Gasteiger partial charge >= 0.3 is 0 Å². The average molecular weight is 225 g/mol. The van der Waals surface area contributed by atoms with E-state index in [1.807, 2.05) is 25.7 Å². The van der Waals surface area contributed by atoms with Crippen LogP contribution in [0, 0.1) is 6.92 Å². The molecule has 1 N–H and O–H groups in total. The molecule has 0 fully saturated rings. The van der Waals surface area contributed by atoms with Crippen molar-refractivity contribution in [3.63, 3.8) is 0 Å². The second-order valence-electron chi connectivity index (χ2n) is 4.23. The van der Waals surface area contributed by atoms with Gasteiger partial charge in [-0.3, -0.25) is 4.68 Å². The standard InChI is InChI=1S/C12H23N3O/c1-10-8-12(15(3)14-10)9-11(13-2)6-5-7-16-4/h8,11,13H,5-7,9H2,1-4H3. The zero-order valence-corrected chi connectivity index (χ0v) is 10.8. The lowest BCUT2D eigenvalue weighted by atomic mass is 10.1. The Balaban J connectivity index is 2.46. The summed E-state index contributed by atoms with van der Waals surface area (Å²) in [5.41, 5.74) is 2.37. The van der Waals surface area contributed by atoms with E-state index in [0.717, 1.165) is 31.6 Å². The normalized spacial score (nSPS) is 13.0. The molecule has 0 aliphatic carbocycles. The van der Waals surface area contributed by atoms with Crippen molar-refractivity contribution in [2.45, 2.75) is 32.2 Å². The Kier molecular flexibility index (Phi) is 5.49. The number of nitrogens with zero attached hydrogens (tertiary/aromatic N) is 2. The summed E-state index contributed by atoms with van der Waals surface area (Å²) in [6, 6.07) is 2.66. The first-order valence-electron chi connectivity index (χ1n) is 5.83. The Hall–Kier alpha value is -0.870. The fourth-order valence-electron chi connectivity index (χ4n) is 1.93. The molecule has 1 unspecified atom stereocenters. The molecular formula is C12H23N3O. The van der Waals surface area contributed by atoms with Crippen LogP contribution in [0.3, 0.4) is 0 Å². The average Bonchev–Trinajstić information content (AvgIpc) is 2.56. The van der Waals surface area contributed by atoms with E-state index in [2.05, 4.69) is 16.5 Å². The Morgan fingerprint density at radius 2 is 2.31 bits per heavy atom. The summed E-state index contributed by atoms with van der Waals surface area (Å²) in [7, 11) is 5.77. The zero-order chi connectivity index (χ0) is 12.0. The lowest BCUT2D eigenvalue weighted by Gasteiger charge is -2.15. The van der Waals surface area contributed by atoms with Crippen LogP contribution in [-0.4, -0.2) is 36.6 Å². The van der Waals surface area contributed by atoms with Gasteiger partial charge in [0.25, 0.3) is 0 Å². The first kappa shape index (κ1) is 13.2. The topological polar surface area (TPSA) is 39.1 Å². The number of nitrogens with one attached hydrogen (secondary N) is 1. The molecule has 16 heavy (non-hydrogen) atoms. The molecule has 1 rings (SSSR count). The van der Waals surface area contributed by atoms with Crippen LogP contribution >= 0.6 is 0 Å². The van der Waals surface area contributed by atoms with Gasteiger partial charge in [-0.05, 0) is 32.9 Å². The van der Waals surface area contributed by atoms with Crippen LogP contribution in [0.4, 0.5) is 0 Å². The third-order valence-electron chi connectivity index (χ3n) is 2.86. The molecule has 0 spiro atoms. The number of hydrogen-bond donors (Lipinski definition) is 1. The minimum Gasteiger partial charge on any atom is -0.385 e. The van der Waals surface area contributed by atoms with Crippen LogP contribution in [0.2, 0.25) is 0 Å². The van der Waals surface area contributed by atoms with Crippen LogP contribution in [-0.2, 0) is 18.2 Å². The van der Waals surface area contributed by atoms with Gasteiger partial charge in [0.1, 0.15) is 0 Å². The summed E-state index contributed by atoms with van der Waals surface area (Å²) < 4.78 is 7.04. The van der Waals surface area contributed by atoms with Crippen molar-refractivity contribution in [2.24, 2.45) is 7.05 Å². The largest absolute Gasteiger partial charge is 0.385 e. The summed E-state index contributed by atoms with van der Waals surface area (Å²) in [6.07, 6.45) is 3.25. The van der Waals surface area contributed by atoms with Gasteiger partial charge in [-0.25, -0.2) is 0 Å². The maximum atomic E-state index is 5.07. The molecule has 0 aromatic carbocycles. The van der Waals surface area contributed by atoms with Gasteiger partial charge in [0.15, 0.2) is 0 Å². The van der Waals surface area contributed by atoms with Gasteiger partial charge in [0.05, 0.1) is 5.69 Å². The molecule has 1 heterocycles. The highest BCUT2D eigenvalue weighted by atomic mass is 16.5. The lowest BCUT2D eigenvalue weighted by Crippen LogP contribution is -2.28. The quantitative estimate of drug-likeness (QED) is 0.711. The predicted octanol–water partition coefficient (Wildman–Crippen LogP) is 1.29. The van der Waals surface area contributed by atoms with E-state index in [-0.39, 0.29) is 0 Å². The van der Waals surface area contributed by atoms with Crippen molar-refractivity contribution in [1.29, 1.82) is 0 Å². The molecule has 1 aromatic heterocycles. The monoisotopic (exact) mass is 225 g/mol. The summed E-state index contributed by atoms with van der Waals surface area (Å²) >= 11 is 0. The van der Waals surface area contributed by atoms with Gasteiger partial charge in [0, 0.05) is 38.9 Å². The SMILES string of the molecule is CNC(CCCOC)Cc1cc(C)nn1C. The van der Waals surface area contributed by atoms with Gasteiger partial charge in [-0.2, -0.15) is 5.10 Å². The maximum Gasteiger partial charge on any atom is 0.0596 e. The zero-order valence-electron chi connectivity index (χ0n) is 10.8. The number of methoxy groups -OCH3 is 1. The smallest absolute Gasteiger partial charge is 0.0596 e. The second kappa shape index (κ2) is 6.66.